The summed E-state index contributed by atoms with van der Waals surface area (Å²) in [5.41, 5.74) is 5.90. The number of amides is 1. The third-order valence-corrected chi connectivity index (χ3v) is 6.30. The molecule has 2 heterocycles. The van der Waals surface area contributed by atoms with Crippen molar-refractivity contribution in [3.8, 4) is 22.5 Å². The van der Waals surface area contributed by atoms with Gasteiger partial charge in [0.05, 0.1) is 5.25 Å². The fourth-order valence-corrected chi connectivity index (χ4v) is 4.38. The van der Waals surface area contributed by atoms with Gasteiger partial charge in [0, 0.05) is 24.2 Å². The quantitative estimate of drug-likeness (QED) is 0.550. The number of hydrogen-bond acceptors (Lipinski definition) is 5. The molecule has 0 aliphatic carbocycles. The zero-order chi connectivity index (χ0) is 21.1. The number of likely N-dealkylation sites (tertiary alicyclic amines) is 1. The molecule has 0 saturated carbocycles. The molecule has 6 heteroatoms. The van der Waals surface area contributed by atoms with Crippen LogP contribution in [0.3, 0.4) is 0 Å². The Bertz CT molecular complexity index is 1030. The van der Waals surface area contributed by atoms with Gasteiger partial charge in [-0.25, -0.2) is 4.98 Å². The van der Waals surface area contributed by atoms with Gasteiger partial charge >= 0.3 is 0 Å². The average Bonchev–Trinajstić information content (AvgIpc) is 3.29. The standard InChI is InChI=1S/C24H26N4OS/c1-16-6-10-19(11-7-16)21-22(20-12-8-17(2)9-13-20)26-27-24(25-21)30-18(3)23(29)28-14-4-5-15-28/h6-13,18H,4-5,14-15H2,1-3H3/t18-/m0/s1. The minimum atomic E-state index is -0.235. The van der Waals surface area contributed by atoms with Crippen LogP contribution in [0.15, 0.2) is 53.7 Å². The largest absolute Gasteiger partial charge is 0.342 e. The summed E-state index contributed by atoms with van der Waals surface area (Å²) in [6, 6.07) is 16.5. The maximum absolute atomic E-state index is 12.7. The van der Waals surface area contributed by atoms with Gasteiger partial charge in [0.1, 0.15) is 11.4 Å². The van der Waals surface area contributed by atoms with Crippen LogP contribution in [-0.2, 0) is 4.79 Å². The Labute approximate surface area is 181 Å². The highest BCUT2D eigenvalue weighted by atomic mass is 32.2. The van der Waals surface area contributed by atoms with E-state index in [1.807, 2.05) is 24.0 Å². The molecule has 2 aromatic carbocycles. The summed E-state index contributed by atoms with van der Waals surface area (Å²) in [5, 5.41) is 9.18. The van der Waals surface area contributed by atoms with Crippen molar-refractivity contribution < 1.29 is 4.79 Å². The van der Waals surface area contributed by atoms with E-state index >= 15 is 0 Å². The van der Waals surface area contributed by atoms with Crippen molar-refractivity contribution in [1.82, 2.24) is 20.1 Å². The van der Waals surface area contributed by atoms with Gasteiger partial charge in [0.2, 0.25) is 11.1 Å². The van der Waals surface area contributed by atoms with Crippen LogP contribution in [0.4, 0.5) is 0 Å². The van der Waals surface area contributed by atoms with Gasteiger partial charge in [-0.3, -0.25) is 4.79 Å². The van der Waals surface area contributed by atoms with Crippen LogP contribution in [0.25, 0.3) is 22.5 Å². The molecule has 0 spiro atoms. The van der Waals surface area contributed by atoms with Gasteiger partial charge in [-0.2, -0.15) is 0 Å². The molecule has 3 aromatic rings. The first-order valence-corrected chi connectivity index (χ1v) is 11.2. The van der Waals surface area contributed by atoms with Gasteiger partial charge in [0.25, 0.3) is 0 Å². The van der Waals surface area contributed by atoms with Crippen LogP contribution in [0.1, 0.15) is 30.9 Å². The van der Waals surface area contributed by atoms with Gasteiger partial charge in [-0.15, -0.1) is 10.2 Å². The number of carbonyl (C=O) groups excluding carboxylic acids is 1. The Morgan fingerprint density at radius 2 is 1.40 bits per heavy atom. The number of benzene rings is 2. The van der Waals surface area contributed by atoms with Crippen LogP contribution >= 0.6 is 11.8 Å². The number of carbonyl (C=O) groups is 1. The Morgan fingerprint density at radius 1 is 0.867 bits per heavy atom. The Morgan fingerprint density at radius 3 is 1.97 bits per heavy atom. The van der Waals surface area contributed by atoms with Crippen molar-refractivity contribution >= 4 is 17.7 Å². The van der Waals surface area contributed by atoms with E-state index in [9.17, 15) is 4.79 Å². The summed E-state index contributed by atoms with van der Waals surface area (Å²) >= 11 is 1.38. The number of nitrogens with zero attached hydrogens (tertiary/aromatic N) is 4. The van der Waals surface area contributed by atoms with Gasteiger partial charge in [0.15, 0.2) is 0 Å². The third kappa shape index (κ3) is 4.54. The first kappa shape index (κ1) is 20.5. The number of rotatable bonds is 5. The van der Waals surface area contributed by atoms with Gasteiger partial charge < -0.3 is 4.90 Å². The maximum Gasteiger partial charge on any atom is 0.235 e. The van der Waals surface area contributed by atoms with Crippen molar-refractivity contribution in [3.05, 3.63) is 59.7 Å². The van der Waals surface area contributed by atoms with E-state index in [1.165, 1.54) is 22.9 Å². The second-order valence-electron chi connectivity index (χ2n) is 7.82. The number of hydrogen-bond donors (Lipinski definition) is 0. The second-order valence-corrected chi connectivity index (χ2v) is 9.12. The van der Waals surface area contributed by atoms with Crippen LogP contribution in [0, 0.1) is 13.8 Å². The summed E-state index contributed by atoms with van der Waals surface area (Å²) in [6.45, 7) is 7.75. The van der Waals surface area contributed by atoms with Crippen molar-refractivity contribution in [3.63, 3.8) is 0 Å². The SMILES string of the molecule is Cc1ccc(-c2nnc(S[C@@H](C)C(=O)N3CCCC3)nc2-c2ccc(C)cc2)cc1. The van der Waals surface area contributed by atoms with Crippen molar-refractivity contribution in [1.29, 1.82) is 0 Å². The van der Waals surface area contributed by atoms with Crippen LogP contribution in [0.2, 0.25) is 0 Å². The molecule has 1 aromatic heterocycles. The van der Waals surface area contributed by atoms with Crippen LogP contribution < -0.4 is 0 Å². The fraction of sp³-hybridized carbons (Fsp3) is 0.333. The second kappa shape index (κ2) is 8.96. The monoisotopic (exact) mass is 418 g/mol. The topological polar surface area (TPSA) is 59.0 Å². The fourth-order valence-electron chi connectivity index (χ4n) is 3.58. The molecule has 1 aliphatic heterocycles. The minimum absolute atomic E-state index is 0.153. The van der Waals surface area contributed by atoms with E-state index in [-0.39, 0.29) is 11.2 Å². The van der Waals surface area contributed by atoms with E-state index in [4.69, 9.17) is 4.98 Å². The molecule has 0 N–H and O–H groups in total. The maximum atomic E-state index is 12.7. The van der Waals surface area contributed by atoms with Crippen molar-refractivity contribution in [2.45, 2.75) is 44.0 Å². The van der Waals surface area contributed by atoms with E-state index in [0.717, 1.165) is 48.4 Å². The molecule has 5 nitrogen and oxygen atoms in total. The van der Waals surface area contributed by atoms with E-state index < -0.39 is 0 Å². The zero-order valence-electron chi connectivity index (χ0n) is 17.6. The molecule has 0 bridgehead atoms. The lowest BCUT2D eigenvalue weighted by atomic mass is 10.0. The number of aryl methyl sites for hydroxylation is 2. The lowest BCUT2D eigenvalue weighted by molar-refractivity contribution is -0.129. The molecule has 1 amide bonds. The summed E-state index contributed by atoms with van der Waals surface area (Å²) in [7, 11) is 0. The molecular formula is C24H26N4OS. The molecule has 1 fully saturated rings. The van der Waals surface area contributed by atoms with Crippen LogP contribution in [0.5, 0.6) is 0 Å². The third-order valence-electron chi connectivity index (χ3n) is 5.36. The smallest absolute Gasteiger partial charge is 0.235 e. The molecule has 1 atom stereocenters. The Hall–Kier alpha value is -2.73. The van der Waals surface area contributed by atoms with E-state index in [0.29, 0.717) is 5.16 Å². The number of aromatic nitrogens is 3. The molecule has 0 radical (unpaired) electrons. The first-order valence-electron chi connectivity index (χ1n) is 10.4. The Kier molecular flexibility index (Phi) is 6.13. The minimum Gasteiger partial charge on any atom is -0.342 e. The number of thioether (sulfide) groups is 1. The highest BCUT2D eigenvalue weighted by Gasteiger charge is 2.25. The molecule has 1 aliphatic rings. The Balaban J connectivity index is 1.67. The van der Waals surface area contributed by atoms with E-state index in [1.54, 1.807) is 0 Å². The average molecular weight is 419 g/mol. The first-order chi connectivity index (χ1) is 14.5. The highest BCUT2D eigenvalue weighted by Crippen LogP contribution is 2.31. The van der Waals surface area contributed by atoms with Crippen molar-refractivity contribution in [2.75, 3.05) is 13.1 Å². The molecule has 30 heavy (non-hydrogen) atoms. The molecule has 0 unspecified atom stereocenters. The van der Waals surface area contributed by atoms with E-state index in [2.05, 4.69) is 60.4 Å². The predicted octanol–water partition coefficient (Wildman–Crippen LogP) is 4.93. The molecule has 154 valence electrons. The van der Waals surface area contributed by atoms with Gasteiger partial charge in [-0.05, 0) is 33.6 Å². The van der Waals surface area contributed by atoms with Crippen molar-refractivity contribution in [2.24, 2.45) is 0 Å². The molecule has 4 rings (SSSR count). The lowest BCUT2D eigenvalue weighted by Crippen LogP contribution is -2.34. The van der Waals surface area contributed by atoms with Gasteiger partial charge in [-0.1, -0.05) is 71.4 Å². The normalized spacial score (nSPS) is 14.7. The summed E-state index contributed by atoms with van der Waals surface area (Å²) in [5.74, 6) is 0.153. The summed E-state index contributed by atoms with van der Waals surface area (Å²) in [4.78, 5) is 19.5. The highest BCUT2D eigenvalue weighted by molar-refractivity contribution is 8.00. The molecular weight excluding hydrogens is 392 g/mol. The zero-order valence-corrected chi connectivity index (χ0v) is 18.4. The summed E-state index contributed by atoms with van der Waals surface area (Å²) in [6.07, 6.45) is 2.17. The summed E-state index contributed by atoms with van der Waals surface area (Å²) < 4.78 is 0. The molecule has 1 saturated heterocycles. The lowest BCUT2D eigenvalue weighted by Gasteiger charge is -2.19. The van der Waals surface area contributed by atoms with Crippen LogP contribution in [-0.4, -0.2) is 44.3 Å². The predicted molar refractivity (Wildman–Crippen MR) is 121 cm³/mol.